The van der Waals surface area contributed by atoms with E-state index in [-0.39, 0.29) is 18.4 Å². The fourth-order valence-electron chi connectivity index (χ4n) is 2.10. The third-order valence-corrected chi connectivity index (χ3v) is 3.37. The van der Waals surface area contributed by atoms with Crippen LogP contribution < -0.4 is 10.6 Å². The van der Waals surface area contributed by atoms with Crippen molar-refractivity contribution in [1.29, 1.82) is 0 Å². The van der Waals surface area contributed by atoms with Crippen LogP contribution in [0.25, 0.3) is 10.9 Å². The molecule has 106 valence electrons. The summed E-state index contributed by atoms with van der Waals surface area (Å²) in [5, 5.41) is 6.30. The van der Waals surface area contributed by atoms with E-state index in [4.69, 9.17) is 0 Å². The molecule has 0 aliphatic rings. The Morgan fingerprint density at radius 1 is 1.25 bits per heavy atom. The SMILES string of the molecule is CNC(=O)C(C)(C)CNC(=O)c1cccc2[nH]ccc12. The quantitative estimate of drug-likeness (QED) is 0.792. The number of fused-ring (bicyclic) bond motifs is 1. The molecule has 2 aromatic rings. The topological polar surface area (TPSA) is 74.0 Å². The molecule has 20 heavy (non-hydrogen) atoms. The Morgan fingerprint density at radius 2 is 2.00 bits per heavy atom. The second-order valence-corrected chi connectivity index (χ2v) is 5.39. The first kappa shape index (κ1) is 14.1. The van der Waals surface area contributed by atoms with Gasteiger partial charge in [0, 0.05) is 36.3 Å². The first-order chi connectivity index (χ1) is 9.45. The van der Waals surface area contributed by atoms with Crippen LogP contribution in [0.3, 0.4) is 0 Å². The maximum absolute atomic E-state index is 12.3. The minimum Gasteiger partial charge on any atom is -0.361 e. The molecule has 1 aromatic carbocycles. The lowest BCUT2D eigenvalue weighted by atomic mass is 9.92. The molecule has 0 saturated carbocycles. The number of carbonyl (C=O) groups is 2. The van der Waals surface area contributed by atoms with Gasteiger partial charge < -0.3 is 15.6 Å². The van der Waals surface area contributed by atoms with Crippen LogP contribution in [0, 0.1) is 5.41 Å². The fourth-order valence-corrected chi connectivity index (χ4v) is 2.10. The van der Waals surface area contributed by atoms with Gasteiger partial charge in [0.15, 0.2) is 0 Å². The normalized spacial score (nSPS) is 11.3. The van der Waals surface area contributed by atoms with Crippen LogP contribution in [-0.2, 0) is 4.79 Å². The predicted molar refractivity (Wildman–Crippen MR) is 78.5 cm³/mol. The molecule has 0 aliphatic carbocycles. The first-order valence-corrected chi connectivity index (χ1v) is 6.52. The second-order valence-electron chi connectivity index (χ2n) is 5.39. The summed E-state index contributed by atoms with van der Waals surface area (Å²) >= 11 is 0. The minimum absolute atomic E-state index is 0.0994. The van der Waals surface area contributed by atoms with E-state index in [0.717, 1.165) is 10.9 Å². The van der Waals surface area contributed by atoms with E-state index in [1.807, 2.05) is 18.2 Å². The molecule has 0 atom stereocenters. The van der Waals surface area contributed by atoms with Gasteiger partial charge in [0.1, 0.15) is 0 Å². The molecule has 0 unspecified atom stereocenters. The molecule has 0 spiro atoms. The van der Waals surface area contributed by atoms with Crippen LogP contribution >= 0.6 is 0 Å². The first-order valence-electron chi connectivity index (χ1n) is 6.52. The Balaban J connectivity index is 2.13. The van der Waals surface area contributed by atoms with E-state index in [1.165, 1.54) is 0 Å². The molecule has 0 bridgehead atoms. The summed E-state index contributed by atoms with van der Waals surface area (Å²) < 4.78 is 0. The van der Waals surface area contributed by atoms with Crippen molar-refractivity contribution in [2.45, 2.75) is 13.8 Å². The summed E-state index contributed by atoms with van der Waals surface area (Å²) in [5.41, 5.74) is 0.885. The Bertz CT molecular complexity index is 643. The zero-order valence-electron chi connectivity index (χ0n) is 11.9. The lowest BCUT2D eigenvalue weighted by Gasteiger charge is -2.22. The average Bonchev–Trinajstić information content (AvgIpc) is 2.92. The van der Waals surface area contributed by atoms with E-state index >= 15 is 0 Å². The third-order valence-electron chi connectivity index (χ3n) is 3.37. The van der Waals surface area contributed by atoms with Crippen molar-refractivity contribution in [3.8, 4) is 0 Å². The molecule has 3 N–H and O–H groups in total. The molecule has 0 aliphatic heterocycles. The number of nitrogens with one attached hydrogen (secondary N) is 3. The molecule has 0 radical (unpaired) electrons. The molecular weight excluding hydrogens is 254 g/mol. The molecule has 2 amide bonds. The molecular formula is C15H19N3O2. The van der Waals surface area contributed by atoms with Crippen molar-refractivity contribution in [3.05, 3.63) is 36.0 Å². The zero-order valence-corrected chi connectivity index (χ0v) is 11.9. The van der Waals surface area contributed by atoms with E-state index < -0.39 is 5.41 Å². The number of aromatic amines is 1. The highest BCUT2D eigenvalue weighted by atomic mass is 16.2. The Hall–Kier alpha value is -2.30. The number of hydrogen-bond donors (Lipinski definition) is 3. The highest BCUT2D eigenvalue weighted by molar-refractivity contribution is 6.06. The molecule has 1 aromatic heterocycles. The number of benzene rings is 1. The minimum atomic E-state index is -0.642. The maximum atomic E-state index is 12.3. The fraction of sp³-hybridized carbons (Fsp3) is 0.333. The number of H-pyrrole nitrogens is 1. The summed E-state index contributed by atoms with van der Waals surface area (Å²) in [6.45, 7) is 3.87. The van der Waals surface area contributed by atoms with E-state index in [2.05, 4.69) is 15.6 Å². The molecule has 5 nitrogen and oxygen atoms in total. The summed E-state index contributed by atoms with van der Waals surface area (Å²) in [7, 11) is 1.59. The highest BCUT2D eigenvalue weighted by Gasteiger charge is 2.27. The van der Waals surface area contributed by atoms with Gasteiger partial charge in [0.05, 0.1) is 5.41 Å². The monoisotopic (exact) mass is 273 g/mol. The standard InChI is InChI=1S/C15H19N3O2/c1-15(2,14(20)16-3)9-18-13(19)11-5-4-6-12-10(11)7-8-17-12/h4-8,17H,9H2,1-3H3,(H,16,20)(H,18,19). The van der Waals surface area contributed by atoms with E-state index in [1.54, 1.807) is 33.2 Å². The summed E-state index contributed by atoms with van der Waals surface area (Å²) in [4.78, 5) is 27.0. The van der Waals surface area contributed by atoms with E-state index in [0.29, 0.717) is 5.56 Å². The van der Waals surface area contributed by atoms with Crippen LogP contribution in [0.5, 0.6) is 0 Å². The molecule has 0 saturated heterocycles. The number of amides is 2. The summed E-state index contributed by atoms with van der Waals surface area (Å²) in [6, 6.07) is 7.39. The number of carbonyl (C=O) groups excluding carboxylic acids is 2. The van der Waals surface area contributed by atoms with Gasteiger partial charge in [-0.1, -0.05) is 6.07 Å². The Labute approximate surface area is 117 Å². The van der Waals surface area contributed by atoms with Crippen molar-refractivity contribution in [2.24, 2.45) is 5.41 Å². The number of aromatic nitrogens is 1. The van der Waals surface area contributed by atoms with Gasteiger partial charge in [-0.15, -0.1) is 0 Å². The van der Waals surface area contributed by atoms with Crippen molar-refractivity contribution in [1.82, 2.24) is 15.6 Å². The maximum Gasteiger partial charge on any atom is 0.252 e. The van der Waals surface area contributed by atoms with Crippen molar-refractivity contribution >= 4 is 22.7 Å². The van der Waals surface area contributed by atoms with Crippen LogP contribution in [-0.4, -0.2) is 30.4 Å². The van der Waals surface area contributed by atoms with Crippen LogP contribution in [0.2, 0.25) is 0 Å². The molecule has 2 rings (SSSR count). The highest BCUT2D eigenvalue weighted by Crippen LogP contribution is 2.18. The molecule has 1 heterocycles. The van der Waals surface area contributed by atoms with Gasteiger partial charge in [-0.25, -0.2) is 0 Å². The Kier molecular flexibility index (Phi) is 3.79. The van der Waals surface area contributed by atoms with Gasteiger partial charge in [0.25, 0.3) is 5.91 Å². The van der Waals surface area contributed by atoms with Crippen LogP contribution in [0.15, 0.2) is 30.5 Å². The van der Waals surface area contributed by atoms with Gasteiger partial charge in [-0.05, 0) is 32.0 Å². The smallest absolute Gasteiger partial charge is 0.252 e. The number of hydrogen-bond acceptors (Lipinski definition) is 2. The average molecular weight is 273 g/mol. The largest absolute Gasteiger partial charge is 0.361 e. The zero-order chi connectivity index (χ0) is 14.8. The number of rotatable bonds is 4. The Morgan fingerprint density at radius 3 is 2.70 bits per heavy atom. The predicted octanol–water partition coefficient (Wildman–Crippen LogP) is 1.67. The van der Waals surface area contributed by atoms with Crippen molar-refractivity contribution in [2.75, 3.05) is 13.6 Å². The van der Waals surface area contributed by atoms with Gasteiger partial charge >= 0.3 is 0 Å². The summed E-state index contributed by atoms with van der Waals surface area (Å²) in [6.07, 6.45) is 1.80. The second kappa shape index (κ2) is 5.36. The van der Waals surface area contributed by atoms with Crippen LogP contribution in [0.1, 0.15) is 24.2 Å². The van der Waals surface area contributed by atoms with Crippen LogP contribution in [0.4, 0.5) is 0 Å². The summed E-state index contributed by atoms with van der Waals surface area (Å²) in [5.74, 6) is -0.273. The van der Waals surface area contributed by atoms with Gasteiger partial charge in [0.2, 0.25) is 5.91 Å². The van der Waals surface area contributed by atoms with Crippen molar-refractivity contribution in [3.63, 3.8) is 0 Å². The molecule has 0 fully saturated rings. The van der Waals surface area contributed by atoms with Crippen molar-refractivity contribution < 1.29 is 9.59 Å². The van der Waals surface area contributed by atoms with Gasteiger partial charge in [-0.3, -0.25) is 9.59 Å². The van der Waals surface area contributed by atoms with Gasteiger partial charge in [-0.2, -0.15) is 0 Å². The third kappa shape index (κ3) is 2.66. The lowest BCUT2D eigenvalue weighted by Crippen LogP contribution is -2.43. The lowest BCUT2D eigenvalue weighted by molar-refractivity contribution is -0.128. The molecule has 5 heteroatoms. The van der Waals surface area contributed by atoms with E-state index in [9.17, 15) is 9.59 Å².